The Morgan fingerprint density at radius 3 is 2.83 bits per heavy atom. The number of halogens is 1. The monoisotopic (exact) mass is 310 g/mol. The number of aromatic nitrogens is 3. The summed E-state index contributed by atoms with van der Waals surface area (Å²) in [5, 5.41) is 7.84. The molecule has 0 aliphatic rings. The molecule has 0 bridgehead atoms. The lowest BCUT2D eigenvalue weighted by Gasteiger charge is -2.14. The van der Waals surface area contributed by atoms with Crippen LogP contribution in [0.4, 0.5) is 4.39 Å². The van der Waals surface area contributed by atoms with Crippen molar-refractivity contribution >= 4 is 0 Å². The van der Waals surface area contributed by atoms with Crippen molar-refractivity contribution in [1.29, 1.82) is 0 Å². The summed E-state index contributed by atoms with van der Waals surface area (Å²) in [4.78, 5) is 4.30. The average molecular weight is 310 g/mol. The molecule has 118 valence electrons. The molecule has 0 aliphatic heterocycles. The maximum absolute atomic E-state index is 13.4. The van der Waals surface area contributed by atoms with Crippen molar-refractivity contribution < 1.29 is 4.39 Å². The summed E-state index contributed by atoms with van der Waals surface area (Å²) in [6.45, 7) is 4.77. The Morgan fingerprint density at radius 2 is 2.09 bits per heavy atom. The van der Waals surface area contributed by atoms with E-state index in [1.165, 1.54) is 12.1 Å². The Labute approximate surface area is 135 Å². The van der Waals surface area contributed by atoms with Gasteiger partial charge in [-0.05, 0) is 44.2 Å². The Bertz CT molecular complexity index is 783. The third-order valence-electron chi connectivity index (χ3n) is 3.88. The average Bonchev–Trinajstić information content (AvgIpc) is 2.95. The molecule has 0 saturated carbocycles. The highest BCUT2D eigenvalue weighted by Crippen LogP contribution is 2.20. The van der Waals surface area contributed by atoms with E-state index in [0.717, 1.165) is 22.6 Å². The number of nitrogens with one attached hydrogen (secondary N) is 1. The van der Waals surface area contributed by atoms with Crippen LogP contribution in [0.3, 0.4) is 0 Å². The van der Waals surface area contributed by atoms with Crippen LogP contribution in [-0.2, 0) is 6.54 Å². The quantitative estimate of drug-likeness (QED) is 0.783. The van der Waals surface area contributed by atoms with E-state index in [9.17, 15) is 4.39 Å². The van der Waals surface area contributed by atoms with Crippen molar-refractivity contribution in [2.75, 3.05) is 0 Å². The van der Waals surface area contributed by atoms with Gasteiger partial charge in [0.05, 0.1) is 17.6 Å². The molecule has 3 aromatic rings. The van der Waals surface area contributed by atoms with Crippen LogP contribution >= 0.6 is 0 Å². The molecule has 1 unspecified atom stereocenters. The first-order chi connectivity index (χ1) is 11.1. The fourth-order valence-electron chi connectivity index (χ4n) is 2.59. The second-order valence-electron chi connectivity index (χ2n) is 5.50. The maximum atomic E-state index is 13.4. The highest BCUT2D eigenvalue weighted by Gasteiger charge is 2.14. The van der Waals surface area contributed by atoms with Gasteiger partial charge < -0.3 is 5.32 Å². The van der Waals surface area contributed by atoms with Gasteiger partial charge in [0.2, 0.25) is 0 Å². The van der Waals surface area contributed by atoms with Gasteiger partial charge in [-0.2, -0.15) is 5.10 Å². The summed E-state index contributed by atoms with van der Waals surface area (Å²) >= 11 is 0. The first kappa shape index (κ1) is 15.4. The van der Waals surface area contributed by atoms with E-state index in [4.69, 9.17) is 0 Å². The predicted molar refractivity (Wildman–Crippen MR) is 87.8 cm³/mol. The van der Waals surface area contributed by atoms with E-state index in [1.807, 2.05) is 37.4 Å². The smallest absolute Gasteiger partial charge is 0.125 e. The first-order valence-electron chi connectivity index (χ1n) is 7.59. The van der Waals surface area contributed by atoms with E-state index >= 15 is 0 Å². The van der Waals surface area contributed by atoms with Gasteiger partial charge >= 0.3 is 0 Å². The Kier molecular flexibility index (Phi) is 4.48. The second kappa shape index (κ2) is 6.71. The van der Waals surface area contributed by atoms with Crippen LogP contribution in [0.25, 0.3) is 5.69 Å². The van der Waals surface area contributed by atoms with Gasteiger partial charge in [0.15, 0.2) is 0 Å². The fourth-order valence-corrected chi connectivity index (χ4v) is 2.59. The first-order valence-corrected chi connectivity index (χ1v) is 7.59. The zero-order chi connectivity index (χ0) is 16.2. The van der Waals surface area contributed by atoms with Gasteiger partial charge in [-0.15, -0.1) is 0 Å². The standard InChI is InChI=1S/C18H19FN4/c1-13(21-11-16-7-3-4-9-20-16)18-12-22-23(14(18)2)17-8-5-6-15(19)10-17/h3-10,12-13,21H,11H2,1-2H3. The molecule has 3 rings (SSSR count). The molecule has 1 aromatic carbocycles. The number of rotatable bonds is 5. The molecule has 2 heterocycles. The number of nitrogens with zero attached hydrogens (tertiary/aromatic N) is 3. The Hall–Kier alpha value is -2.53. The van der Waals surface area contributed by atoms with Crippen molar-refractivity contribution in [2.45, 2.75) is 26.4 Å². The molecule has 2 aromatic heterocycles. The van der Waals surface area contributed by atoms with Gasteiger partial charge in [0.1, 0.15) is 5.82 Å². The predicted octanol–water partition coefficient (Wildman–Crippen LogP) is 3.57. The maximum Gasteiger partial charge on any atom is 0.125 e. The van der Waals surface area contributed by atoms with Crippen LogP contribution in [0.2, 0.25) is 0 Å². The van der Waals surface area contributed by atoms with E-state index in [2.05, 4.69) is 22.3 Å². The Balaban J connectivity index is 1.76. The van der Waals surface area contributed by atoms with Crippen molar-refractivity contribution in [1.82, 2.24) is 20.1 Å². The number of benzene rings is 1. The molecule has 5 heteroatoms. The van der Waals surface area contributed by atoms with Crippen molar-refractivity contribution in [3.05, 3.63) is 77.6 Å². The van der Waals surface area contributed by atoms with Gasteiger partial charge in [-0.3, -0.25) is 4.98 Å². The summed E-state index contributed by atoms with van der Waals surface area (Å²) in [6.07, 6.45) is 3.62. The molecular formula is C18H19FN4. The van der Waals surface area contributed by atoms with Crippen LogP contribution in [-0.4, -0.2) is 14.8 Å². The van der Waals surface area contributed by atoms with E-state index in [0.29, 0.717) is 6.54 Å². The van der Waals surface area contributed by atoms with E-state index in [-0.39, 0.29) is 11.9 Å². The normalized spacial score (nSPS) is 12.3. The van der Waals surface area contributed by atoms with Crippen LogP contribution in [0.5, 0.6) is 0 Å². The minimum Gasteiger partial charge on any atom is -0.304 e. The summed E-state index contributed by atoms with van der Waals surface area (Å²) in [6, 6.07) is 12.4. The summed E-state index contributed by atoms with van der Waals surface area (Å²) in [5.74, 6) is -0.264. The number of hydrogen-bond donors (Lipinski definition) is 1. The highest BCUT2D eigenvalue weighted by atomic mass is 19.1. The van der Waals surface area contributed by atoms with Gasteiger partial charge in [-0.25, -0.2) is 9.07 Å². The van der Waals surface area contributed by atoms with Crippen LogP contribution < -0.4 is 5.32 Å². The molecule has 1 atom stereocenters. The van der Waals surface area contributed by atoms with Crippen molar-refractivity contribution in [3.63, 3.8) is 0 Å². The molecular weight excluding hydrogens is 291 g/mol. The lowest BCUT2D eigenvalue weighted by molar-refractivity contribution is 0.565. The number of pyridine rings is 1. The van der Waals surface area contributed by atoms with Crippen LogP contribution in [0.1, 0.15) is 29.9 Å². The molecule has 0 fully saturated rings. The van der Waals surface area contributed by atoms with Crippen LogP contribution in [0, 0.1) is 12.7 Å². The van der Waals surface area contributed by atoms with E-state index in [1.54, 1.807) is 16.9 Å². The summed E-state index contributed by atoms with van der Waals surface area (Å²) in [7, 11) is 0. The Morgan fingerprint density at radius 1 is 1.22 bits per heavy atom. The largest absolute Gasteiger partial charge is 0.304 e. The van der Waals surface area contributed by atoms with Crippen molar-refractivity contribution in [3.8, 4) is 5.69 Å². The molecule has 0 radical (unpaired) electrons. The molecule has 0 saturated heterocycles. The third kappa shape index (κ3) is 3.46. The van der Waals surface area contributed by atoms with Crippen LogP contribution in [0.15, 0.2) is 54.9 Å². The van der Waals surface area contributed by atoms with Crippen molar-refractivity contribution in [2.24, 2.45) is 0 Å². The zero-order valence-corrected chi connectivity index (χ0v) is 13.2. The summed E-state index contributed by atoms with van der Waals surface area (Å²) < 4.78 is 15.2. The van der Waals surface area contributed by atoms with Gasteiger partial charge in [0, 0.05) is 30.0 Å². The lowest BCUT2D eigenvalue weighted by atomic mass is 10.1. The SMILES string of the molecule is Cc1c(C(C)NCc2ccccn2)cnn1-c1cccc(F)c1. The third-order valence-corrected chi connectivity index (χ3v) is 3.88. The van der Waals surface area contributed by atoms with Gasteiger partial charge in [0.25, 0.3) is 0 Å². The molecule has 0 amide bonds. The minimum atomic E-state index is -0.264. The zero-order valence-electron chi connectivity index (χ0n) is 13.2. The van der Waals surface area contributed by atoms with E-state index < -0.39 is 0 Å². The summed E-state index contributed by atoms with van der Waals surface area (Å²) in [5.41, 5.74) is 3.81. The molecule has 23 heavy (non-hydrogen) atoms. The lowest BCUT2D eigenvalue weighted by Crippen LogP contribution is -2.19. The molecule has 0 aliphatic carbocycles. The highest BCUT2D eigenvalue weighted by molar-refractivity contribution is 5.35. The van der Waals surface area contributed by atoms with Gasteiger partial charge in [-0.1, -0.05) is 12.1 Å². The number of hydrogen-bond acceptors (Lipinski definition) is 3. The minimum absolute atomic E-state index is 0.124. The molecule has 0 spiro atoms. The topological polar surface area (TPSA) is 42.7 Å². The molecule has 4 nitrogen and oxygen atoms in total. The molecule has 1 N–H and O–H groups in total. The fraction of sp³-hybridized carbons (Fsp3) is 0.222. The second-order valence-corrected chi connectivity index (χ2v) is 5.50.